The maximum absolute atomic E-state index is 12.7. The second-order valence-electron chi connectivity index (χ2n) is 6.12. The monoisotopic (exact) mass is 362 g/mol. The second kappa shape index (κ2) is 8.36. The molecule has 0 fully saturated rings. The predicted molar refractivity (Wildman–Crippen MR) is 106 cm³/mol. The largest absolute Gasteiger partial charge is 0.459 e. The van der Waals surface area contributed by atoms with Crippen molar-refractivity contribution in [1.29, 1.82) is 0 Å². The first-order valence-corrected chi connectivity index (χ1v) is 8.99. The van der Waals surface area contributed by atoms with Gasteiger partial charge in [0.05, 0.1) is 6.26 Å². The van der Waals surface area contributed by atoms with E-state index in [2.05, 4.69) is 24.5 Å². The first-order valence-electron chi connectivity index (χ1n) is 8.99. The quantitative estimate of drug-likeness (QED) is 0.654. The third-order valence-electron chi connectivity index (χ3n) is 4.39. The summed E-state index contributed by atoms with van der Waals surface area (Å²) < 4.78 is 5.06. The summed E-state index contributed by atoms with van der Waals surface area (Å²) in [4.78, 5) is 24.6. The van der Waals surface area contributed by atoms with Gasteiger partial charge in [-0.15, -0.1) is 0 Å². The highest BCUT2D eigenvalue weighted by molar-refractivity contribution is 6.06. The average Bonchev–Trinajstić information content (AvgIpc) is 3.23. The summed E-state index contributed by atoms with van der Waals surface area (Å²) in [5.74, 6) is -0.267. The van der Waals surface area contributed by atoms with Gasteiger partial charge in [0.1, 0.15) is 0 Å². The second-order valence-corrected chi connectivity index (χ2v) is 6.12. The summed E-state index contributed by atoms with van der Waals surface area (Å²) in [5, 5.41) is 5.77. The standard InChI is InChI=1S/C22H22N2O3/c1-3-15-7-5-8-16(4-2)20(15)24-21(25)17-10-12-18(13-11-17)23-22(26)19-9-6-14-27-19/h5-14H,3-4H2,1-2H3,(H,23,26)(H,24,25). The van der Waals surface area contributed by atoms with Crippen molar-refractivity contribution < 1.29 is 14.0 Å². The van der Waals surface area contributed by atoms with E-state index in [9.17, 15) is 9.59 Å². The van der Waals surface area contributed by atoms with Gasteiger partial charge in [-0.1, -0.05) is 32.0 Å². The molecule has 5 heteroatoms. The number of benzene rings is 2. The van der Waals surface area contributed by atoms with Crippen LogP contribution in [0.3, 0.4) is 0 Å². The van der Waals surface area contributed by atoms with Crippen LogP contribution in [0.15, 0.2) is 65.3 Å². The van der Waals surface area contributed by atoms with Gasteiger partial charge in [-0.2, -0.15) is 0 Å². The Labute approximate surface area is 158 Å². The maximum atomic E-state index is 12.7. The Balaban J connectivity index is 1.72. The molecule has 3 rings (SSSR count). The van der Waals surface area contributed by atoms with Crippen molar-refractivity contribution in [3.05, 3.63) is 83.3 Å². The molecule has 0 radical (unpaired) electrons. The number of furan rings is 1. The molecule has 27 heavy (non-hydrogen) atoms. The van der Waals surface area contributed by atoms with Crippen LogP contribution in [0.2, 0.25) is 0 Å². The van der Waals surface area contributed by atoms with Crippen molar-refractivity contribution in [1.82, 2.24) is 0 Å². The van der Waals surface area contributed by atoms with Crippen LogP contribution in [0.5, 0.6) is 0 Å². The topological polar surface area (TPSA) is 71.3 Å². The van der Waals surface area contributed by atoms with Crippen LogP contribution in [0, 0.1) is 0 Å². The van der Waals surface area contributed by atoms with Gasteiger partial charge in [0.25, 0.3) is 11.8 Å². The fourth-order valence-electron chi connectivity index (χ4n) is 2.89. The van der Waals surface area contributed by atoms with Crippen LogP contribution in [-0.4, -0.2) is 11.8 Å². The Morgan fingerprint density at radius 2 is 1.48 bits per heavy atom. The summed E-state index contributed by atoms with van der Waals surface area (Å²) in [6.07, 6.45) is 3.14. The highest BCUT2D eigenvalue weighted by atomic mass is 16.3. The van der Waals surface area contributed by atoms with E-state index >= 15 is 0 Å². The summed E-state index contributed by atoms with van der Waals surface area (Å²) in [7, 11) is 0. The van der Waals surface area contributed by atoms with E-state index < -0.39 is 0 Å². The number of hydrogen-bond donors (Lipinski definition) is 2. The van der Waals surface area contributed by atoms with Crippen molar-refractivity contribution in [3.63, 3.8) is 0 Å². The molecule has 3 aromatic rings. The van der Waals surface area contributed by atoms with Crippen molar-refractivity contribution in [2.24, 2.45) is 0 Å². The molecule has 0 spiro atoms. The molecule has 2 amide bonds. The number of nitrogens with one attached hydrogen (secondary N) is 2. The fraction of sp³-hybridized carbons (Fsp3) is 0.182. The lowest BCUT2D eigenvalue weighted by atomic mass is 10.0. The van der Waals surface area contributed by atoms with E-state index in [-0.39, 0.29) is 17.6 Å². The molecule has 0 aliphatic rings. The molecule has 0 aliphatic carbocycles. The lowest BCUT2D eigenvalue weighted by molar-refractivity contribution is 0.0995. The Kier molecular flexibility index (Phi) is 5.71. The number of para-hydroxylation sites is 1. The van der Waals surface area contributed by atoms with Crippen LogP contribution in [0.25, 0.3) is 0 Å². The van der Waals surface area contributed by atoms with Crippen LogP contribution in [-0.2, 0) is 12.8 Å². The van der Waals surface area contributed by atoms with Crippen LogP contribution in [0.4, 0.5) is 11.4 Å². The first-order chi connectivity index (χ1) is 13.1. The van der Waals surface area contributed by atoms with Crippen LogP contribution in [0.1, 0.15) is 45.9 Å². The summed E-state index contributed by atoms with van der Waals surface area (Å²) in [5.41, 5.74) is 4.24. The van der Waals surface area contributed by atoms with E-state index in [1.807, 2.05) is 18.2 Å². The zero-order chi connectivity index (χ0) is 19.2. The summed E-state index contributed by atoms with van der Waals surface area (Å²) in [6.45, 7) is 4.14. The number of amides is 2. The zero-order valence-electron chi connectivity index (χ0n) is 15.4. The van der Waals surface area contributed by atoms with Gasteiger partial charge in [0.2, 0.25) is 0 Å². The molecular weight excluding hydrogens is 340 g/mol. The van der Waals surface area contributed by atoms with Gasteiger partial charge < -0.3 is 15.1 Å². The van der Waals surface area contributed by atoms with Crippen molar-refractivity contribution >= 4 is 23.2 Å². The third-order valence-corrected chi connectivity index (χ3v) is 4.39. The highest BCUT2D eigenvalue weighted by Crippen LogP contribution is 2.23. The minimum Gasteiger partial charge on any atom is -0.459 e. The van der Waals surface area contributed by atoms with Crippen molar-refractivity contribution in [2.75, 3.05) is 10.6 Å². The van der Waals surface area contributed by atoms with Gasteiger partial charge in [-0.25, -0.2) is 0 Å². The van der Waals surface area contributed by atoms with Gasteiger partial charge in [-0.3, -0.25) is 9.59 Å². The summed E-state index contributed by atoms with van der Waals surface area (Å²) in [6, 6.07) is 16.1. The molecule has 5 nitrogen and oxygen atoms in total. The number of carbonyl (C=O) groups excluding carboxylic acids is 2. The molecule has 0 aliphatic heterocycles. The molecule has 0 atom stereocenters. The van der Waals surface area contributed by atoms with E-state index in [4.69, 9.17) is 4.42 Å². The molecule has 2 N–H and O–H groups in total. The molecule has 1 aromatic heterocycles. The van der Waals surface area contributed by atoms with E-state index in [1.165, 1.54) is 6.26 Å². The van der Waals surface area contributed by atoms with Gasteiger partial charge >= 0.3 is 0 Å². The minimum atomic E-state index is -0.332. The molecule has 0 bridgehead atoms. The van der Waals surface area contributed by atoms with E-state index in [1.54, 1.807) is 36.4 Å². The number of rotatable bonds is 6. The Hall–Kier alpha value is -3.34. The molecule has 2 aromatic carbocycles. The van der Waals surface area contributed by atoms with E-state index in [0.717, 1.165) is 29.7 Å². The highest BCUT2D eigenvalue weighted by Gasteiger charge is 2.13. The SMILES string of the molecule is CCc1cccc(CC)c1NC(=O)c1ccc(NC(=O)c2ccco2)cc1. The van der Waals surface area contributed by atoms with E-state index in [0.29, 0.717) is 11.3 Å². The van der Waals surface area contributed by atoms with Crippen LogP contribution < -0.4 is 10.6 Å². The van der Waals surface area contributed by atoms with Gasteiger partial charge in [0.15, 0.2) is 5.76 Å². The predicted octanol–water partition coefficient (Wildman–Crippen LogP) is 4.91. The number of carbonyl (C=O) groups is 2. The smallest absolute Gasteiger partial charge is 0.291 e. The Morgan fingerprint density at radius 3 is 2.04 bits per heavy atom. The number of hydrogen-bond acceptors (Lipinski definition) is 3. The number of aryl methyl sites for hydroxylation is 2. The normalized spacial score (nSPS) is 10.4. The minimum absolute atomic E-state index is 0.172. The molecule has 0 unspecified atom stereocenters. The lowest BCUT2D eigenvalue weighted by Crippen LogP contribution is -2.15. The molecule has 0 saturated heterocycles. The van der Waals surface area contributed by atoms with Crippen molar-refractivity contribution in [3.8, 4) is 0 Å². The Morgan fingerprint density at radius 1 is 0.815 bits per heavy atom. The average molecular weight is 362 g/mol. The molecule has 1 heterocycles. The summed E-state index contributed by atoms with van der Waals surface area (Å²) >= 11 is 0. The fourth-order valence-corrected chi connectivity index (χ4v) is 2.89. The third kappa shape index (κ3) is 4.26. The van der Waals surface area contributed by atoms with Crippen molar-refractivity contribution in [2.45, 2.75) is 26.7 Å². The van der Waals surface area contributed by atoms with Gasteiger partial charge in [0, 0.05) is 16.9 Å². The number of anilines is 2. The van der Waals surface area contributed by atoms with Gasteiger partial charge in [-0.05, 0) is 60.4 Å². The molecular formula is C22H22N2O3. The van der Waals surface area contributed by atoms with Crippen LogP contribution >= 0.6 is 0 Å². The maximum Gasteiger partial charge on any atom is 0.291 e. The Bertz CT molecular complexity index is 906. The zero-order valence-corrected chi connectivity index (χ0v) is 15.4. The molecule has 138 valence electrons. The lowest BCUT2D eigenvalue weighted by Gasteiger charge is -2.14. The first kappa shape index (κ1) is 18.5. The molecule has 0 saturated carbocycles.